The first-order valence-corrected chi connectivity index (χ1v) is 5.62. The van der Waals surface area contributed by atoms with Crippen LogP contribution < -0.4 is 5.73 Å². The van der Waals surface area contributed by atoms with Crippen LogP contribution in [-0.2, 0) is 0 Å². The Morgan fingerprint density at radius 2 is 2.12 bits per heavy atom. The van der Waals surface area contributed by atoms with Gasteiger partial charge in [0, 0.05) is 25.7 Å². The standard InChI is InChI=1S/C10H20F3N3/c1-15-5-2-3-9(7-15)16(6-4-14)8-10(11,12)13/h9H,2-8,14H2,1H3. The highest BCUT2D eigenvalue weighted by Gasteiger charge is 2.34. The van der Waals surface area contributed by atoms with Crippen LogP contribution in [0.5, 0.6) is 0 Å². The number of nitrogens with zero attached hydrogens (tertiary/aromatic N) is 2. The Hall–Kier alpha value is -0.330. The van der Waals surface area contributed by atoms with Gasteiger partial charge in [-0.15, -0.1) is 0 Å². The van der Waals surface area contributed by atoms with Crippen LogP contribution in [0.25, 0.3) is 0 Å². The molecule has 0 aliphatic carbocycles. The number of nitrogens with two attached hydrogens (primary N) is 1. The van der Waals surface area contributed by atoms with E-state index in [9.17, 15) is 13.2 Å². The van der Waals surface area contributed by atoms with Crippen molar-refractivity contribution >= 4 is 0 Å². The van der Waals surface area contributed by atoms with Crippen LogP contribution in [0.2, 0.25) is 0 Å². The molecular weight excluding hydrogens is 219 g/mol. The monoisotopic (exact) mass is 239 g/mol. The summed E-state index contributed by atoms with van der Waals surface area (Å²) in [5.41, 5.74) is 5.37. The van der Waals surface area contributed by atoms with Gasteiger partial charge in [-0.2, -0.15) is 13.2 Å². The van der Waals surface area contributed by atoms with Crippen molar-refractivity contribution in [2.24, 2.45) is 5.73 Å². The fourth-order valence-electron chi connectivity index (χ4n) is 2.22. The van der Waals surface area contributed by atoms with Crippen molar-refractivity contribution in [3.05, 3.63) is 0 Å². The highest BCUT2D eigenvalue weighted by atomic mass is 19.4. The lowest BCUT2D eigenvalue weighted by molar-refractivity contribution is -0.152. The van der Waals surface area contributed by atoms with Crippen molar-refractivity contribution < 1.29 is 13.2 Å². The molecule has 3 nitrogen and oxygen atoms in total. The molecule has 1 rings (SSSR count). The molecule has 1 unspecified atom stereocenters. The van der Waals surface area contributed by atoms with E-state index < -0.39 is 12.7 Å². The van der Waals surface area contributed by atoms with E-state index in [2.05, 4.69) is 4.90 Å². The zero-order valence-corrected chi connectivity index (χ0v) is 9.63. The maximum Gasteiger partial charge on any atom is 0.401 e. The van der Waals surface area contributed by atoms with Gasteiger partial charge in [0.25, 0.3) is 0 Å². The first-order chi connectivity index (χ1) is 7.42. The second-order valence-corrected chi connectivity index (χ2v) is 4.43. The van der Waals surface area contributed by atoms with Gasteiger partial charge in [-0.05, 0) is 26.4 Å². The molecule has 96 valence electrons. The normalized spacial score (nSPS) is 24.0. The van der Waals surface area contributed by atoms with E-state index in [-0.39, 0.29) is 12.6 Å². The number of alkyl halides is 3. The largest absolute Gasteiger partial charge is 0.401 e. The topological polar surface area (TPSA) is 32.5 Å². The van der Waals surface area contributed by atoms with E-state index in [4.69, 9.17) is 5.73 Å². The van der Waals surface area contributed by atoms with E-state index in [0.717, 1.165) is 19.4 Å². The number of piperidine rings is 1. The summed E-state index contributed by atoms with van der Waals surface area (Å²) < 4.78 is 37.2. The van der Waals surface area contributed by atoms with E-state index in [1.807, 2.05) is 7.05 Å². The van der Waals surface area contributed by atoms with Gasteiger partial charge in [-0.1, -0.05) is 0 Å². The van der Waals surface area contributed by atoms with Crippen LogP contribution in [0.4, 0.5) is 13.2 Å². The van der Waals surface area contributed by atoms with Gasteiger partial charge in [-0.25, -0.2) is 0 Å². The van der Waals surface area contributed by atoms with Crippen LogP contribution in [0.15, 0.2) is 0 Å². The lowest BCUT2D eigenvalue weighted by atomic mass is 10.0. The molecule has 2 N–H and O–H groups in total. The van der Waals surface area contributed by atoms with Crippen LogP contribution in [0.1, 0.15) is 12.8 Å². The zero-order chi connectivity index (χ0) is 12.2. The molecule has 0 bridgehead atoms. The molecular formula is C10H20F3N3. The number of likely N-dealkylation sites (N-methyl/N-ethyl adjacent to an activating group) is 1. The molecule has 1 fully saturated rings. The lowest BCUT2D eigenvalue weighted by Gasteiger charge is -2.38. The maximum absolute atomic E-state index is 12.4. The summed E-state index contributed by atoms with van der Waals surface area (Å²) in [7, 11) is 1.94. The molecule has 6 heteroatoms. The third kappa shape index (κ3) is 4.67. The average Bonchev–Trinajstić information content (AvgIpc) is 2.15. The fourth-order valence-corrected chi connectivity index (χ4v) is 2.22. The van der Waals surface area contributed by atoms with Gasteiger partial charge in [0.1, 0.15) is 0 Å². The molecule has 1 saturated heterocycles. The Bertz CT molecular complexity index is 208. The summed E-state index contributed by atoms with van der Waals surface area (Å²) in [6, 6.07) is -0.0103. The van der Waals surface area contributed by atoms with Crippen LogP contribution >= 0.6 is 0 Å². The highest BCUT2D eigenvalue weighted by molar-refractivity contribution is 4.81. The minimum atomic E-state index is -4.13. The first kappa shape index (κ1) is 13.7. The second-order valence-electron chi connectivity index (χ2n) is 4.43. The Balaban J connectivity index is 2.54. The molecule has 1 heterocycles. The third-order valence-electron chi connectivity index (χ3n) is 2.91. The Kier molecular flexibility index (Phi) is 5.01. The molecule has 16 heavy (non-hydrogen) atoms. The SMILES string of the molecule is CN1CCCC(N(CCN)CC(F)(F)F)C1. The lowest BCUT2D eigenvalue weighted by Crippen LogP contribution is -2.51. The molecule has 0 radical (unpaired) electrons. The molecule has 1 aliphatic rings. The zero-order valence-electron chi connectivity index (χ0n) is 9.63. The summed E-state index contributed by atoms with van der Waals surface area (Å²) in [6.45, 7) is 1.42. The van der Waals surface area contributed by atoms with Gasteiger partial charge >= 0.3 is 6.18 Å². The van der Waals surface area contributed by atoms with Gasteiger partial charge < -0.3 is 10.6 Å². The predicted octanol–water partition coefficient (Wildman–Crippen LogP) is 0.904. The second kappa shape index (κ2) is 5.84. The van der Waals surface area contributed by atoms with Crippen LogP contribution in [0.3, 0.4) is 0 Å². The smallest absolute Gasteiger partial charge is 0.329 e. The molecule has 0 aromatic rings. The maximum atomic E-state index is 12.4. The quantitative estimate of drug-likeness (QED) is 0.791. The molecule has 1 aliphatic heterocycles. The molecule has 0 saturated carbocycles. The minimum Gasteiger partial charge on any atom is -0.329 e. The van der Waals surface area contributed by atoms with Gasteiger partial charge in [0.2, 0.25) is 0 Å². The van der Waals surface area contributed by atoms with Gasteiger partial charge in [0.15, 0.2) is 0 Å². The Morgan fingerprint density at radius 1 is 1.44 bits per heavy atom. The molecule has 0 spiro atoms. The van der Waals surface area contributed by atoms with Crippen molar-refractivity contribution in [1.29, 1.82) is 0 Å². The average molecular weight is 239 g/mol. The van der Waals surface area contributed by atoms with Crippen molar-refractivity contribution in [3.8, 4) is 0 Å². The van der Waals surface area contributed by atoms with Crippen molar-refractivity contribution in [2.75, 3.05) is 39.8 Å². The van der Waals surface area contributed by atoms with Crippen LogP contribution in [0, 0.1) is 0 Å². The summed E-state index contributed by atoms with van der Waals surface area (Å²) >= 11 is 0. The van der Waals surface area contributed by atoms with E-state index in [1.165, 1.54) is 4.90 Å². The number of likely N-dealkylation sites (tertiary alicyclic amines) is 1. The molecule has 0 amide bonds. The number of halogens is 3. The van der Waals surface area contributed by atoms with Crippen molar-refractivity contribution in [1.82, 2.24) is 9.80 Å². The first-order valence-electron chi connectivity index (χ1n) is 5.62. The predicted molar refractivity (Wildman–Crippen MR) is 57.2 cm³/mol. The van der Waals surface area contributed by atoms with Crippen molar-refractivity contribution in [3.63, 3.8) is 0 Å². The summed E-state index contributed by atoms with van der Waals surface area (Å²) in [4.78, 5) is 3.55. The van der Waals surface area contributed by atoms with E-state index in [0.29, 0.717) is 13.1 Å². The molecule has 0 aromatic heterocycles. The number of hydrogen-bond acceptors (Lipinski definition) is 3. The Morgan fingerprint density at radius 3 is 2.62 bits per heavy atom. The fraction of sp³-hybridized carbons (Fsp3) is 1.00. The number of rotatable bonds is 4. The highest BCUT2D eigenvalue weighted by Crippen LogP contribution is 2.21. The molecule has 0 aromatic carbocycles. The van der Waals surface area contributed by atoms with E-state index in [1.54, 1.807) is 0 Å². The summed E-state index contributed by atoms with van der Waals surface area (Å²) in [5, 5.41) is 0. The van der Waals surface area contributed by atoms with Crippen molar-refractivity contribution in [2.45, 2.75) is 25.1 Å². The minimum absolute atomic E-state index is 0.0103. The van der Waals surface area contributed by atoms with Crippen LogP contribution in [-0.4, -0.2) is 61.8 Å². The summed E-state index contributed by atoms with van der Waals surface area (Å²) in [5.74, 6) is 0. The Labute approximate surface area is 94.4 Å². The number of hydrogen-bond donors (Lipinski definition) is 1. The molecule has 1 atom stereocenters. The summed E-state index contributed by atoms with van der Waals surface area (Å²) in [6.07, 6.45) is -2.34. The van der Waals surface area contributed by atoms with Gasteiger partial charge in [-0.3, -0.25) is 4.90 Å². The van der Waals surface area contributed by atoms with E-state index >= 15 is 0 Å². The van der Waals surface area contributed by atoms with Gasteiger partial charge in [0.05, 0.1) is 6.54 Å². The third-order valence-corrected chi connectivity index (χ3v) is 2.91.